The van der Waals surface area contributed by atoms with Gasteiger partial charge in [0.15, 0.2) is 0 Å². The van der Waals surface area contributed by atoms with Gasteiger partial charge in [-0.05, 0) is 37.3 Å². The van der Waals surface area contributed by atoms with Gasteiger partial charge in [-0.15, -0.1) is 0 Å². The van der Waals surface area contributed by atoms with Crippen LogP contribution in [0, 0.1) is 6.92 Å². The third-order valence-electron chi connectivity index (χ3n) is 3.11. The predicted octanol–water partition coefficient (Wildman–Crippen LogP) is 1.78. The Bertz CT molecular complexity index is 829. The van der Waals surface area contributed by atoms with Crippen molar-refractivity contribution in [2.24, 2.45) is 0 Å². The Morgan fingerprint density at radius 3 is 2.41 bits per heavy atom. The van der Waals surface area contributed by atoms with Gasteiger partial charge < -0.3 is 16.6 Å². The zero-order chi connectivity index (χ0) is 15.7. The SMILES string of the molecule is Cc1cc(-c2cc(-c3ccnc(N)n3)ccc2O)nc(N)n1. The molecule has 22 heavy (non-hydrogen) atoms. The van der Waals surface area contributed by atoms with Crippen molar-refractivity contribution in [1.29, 1.82) is 0 Å². The summed E-state index contributed by atoms with van der Waals surface area (Å²) in [6.45, 7) is 1.81. The fraction of sp³-hybridized carbons (Fsp3) is 0.0667. The maximum absolute atomic E-state index is 10.1. The summed E-state index contributed by atoms with van der Waals surface area (Å²) in [5.74, 6) is 0.448. The highest BCUT2D eigenvalue weighted by Crippen LogP contribution is 2.32. The van der Waals surface area contributed by atoms with Crippen LogP contribution in [0.25, 0.3) is 22.5 Å². The molecule has 0 unspecified atom stereocenters. The number of aromatic nitrogens is 4. The average molecular weight is 294 g/mol. The van der Waals surface area contributed by atoms with Gasteiger partial charge in [-0.2, -0.15) is 0 Å². The Morgan fingerprint density at radius 1 is 0.909 bits per heavy atom. The minimum absolute atomic E-state index is 0.100. The number of aryl methyl sites for hydroxylation is 1. The molecule has 3 rings (SSSR count). The number of nitrogen functional groups attached to an aromatic ring is 2. The topological polar surface area (TPSA) is 124 Å². The summed E-state index contributed by atoms with van der Waals surface area (Å²) in [6.07, 6.45) is 1.58. The lowest BCUT2D eigenvalue weighted by molar-refractivity contribution is 0.477. The first kappa shape index (κ1) is 13.7. The van der Waals surface area contributed by atoms with Crippen LogP contribution in [-0.2, 0) is 0 Å². The largest absolute Gasteiger partial charge is 0.507 e. The van der Waals surface area contributed by atoms with E-state index < -0.39 is 0 Å². The molecule has 1 aromatic carbocycles. The lowest BCUT2D eigenvalue weighted by Crippen LogP contribution is -1.99. The maximum atomic E-state index is 10.1. The van der Waals surface area contributed by atoms with Crippen molar-refractivity contribution in [1.82, 2.24) is 19.9 Å². The van der Waals surface area contributed by atoms with Crippen LogP contribution < -0.4 is 11.5 Å². The fourth-order valence-corrected chi connectivity index (χ4v) is 2.16. The molecule has 2 aromatic heterocycles. The molecule has 0 aliphatic carbocycles. The van der Waals surface area contributed by atoms with Gasteiger partial charge in [-0.1, -0.05) is 0 Å². The van der Waals surface area contributed by atoms with Crippen LogP contribution in [0.5, 0.6) is 5.75 Å². The Labute approximate surface area is 126 Å². The zero-order valence-corrected chi connectivity index (χ0v) is 11.9. The van der Waals surface area contributed by atoms with Gasteiger partial charge in [0, 0.05) is 23.0 Å². The number of phenols is 1. The molecular weight excluding hydrogens is 280 g/mol. The lowest BCUT2D eigenvalue weighted by atomic mass is 10.0. The van der Waals surface area contributed by atoms with Crippen LogP contribution in [0.3, 0.4) is 0 Å². The second-order valence-electron chi connectivity index (χ2n) is 4.78. The Balaban J connectivity index is 2.14. The van der Waals surface area contributed by atoms with Crippen molar-refractivity contribution < 1.29 is 5.11 Å². The first-order valence-corrected chi connectivity index (χ1v) is 6.56. The van der Waals surface area contributed by atoms with Crippen molar-refractivity contribution in [3.8, 4) is 28.3 Å². The fourth-order valence-electron chi connectivity index (χ4n) is 2.16. The predicted molar refractivity (Wildman–Crippen MR) is 83.7 cm³/mol. The number of nitrogens with two attached hydrogens (primary N) is 2. The normalized spacial score (nSPS) is 10.6. The van der Waals surface area contributed by atoms with Gasteiger partial charge in [0.1, 0.15) is 5.75 Å². The maximum Gasteiger partial charge on any atom is 0.220 e. The minimum Gasteiger partial charge on any atom is -0.507 e. The molecule has 0 atom stereocenters. The number of hydrogen-bond acceptors (Lipinski definition) is 7. The van der Waals surface area contributed by atoms with E-state index in [0.717, 1.165) is 11.3 Å². The second kappa shape index (κ2) is 5.28. The van der Waals surface area contributed by atoms with Gasteiger partial charge in [0.2, 0.25) is 11.9 Å². The summed E-state index contributed by atoms with van der Waals surface area (Å²) >= 11 is 0. The number of nitrogens with zero attached hydrogens (tertiary/aromatic N) is 4. The molecule has 0 saturated heterocycles. The monoisotopic (exact) mass is 294 g/mol. The highest BCUT2D eigenvalue weighted by Gasteiger charge is 2.11. The van der Waals surface area contributed by atoms with Crippen molar-refractivity contribution in [2.45, 2.75) is 6.92 Å². The molecule has 0 bridgehead atoms. The van der Waals surface area contributed by atoms with E-state index in [0.29, 0.717) is 17.0 Å². The lowest BCUT2D eigenvalue weighted by Gasteiger charge is -2.08. The molecule has 0 radical (unpaired) electrons. The van der Waals surface area contributed by atoms with Crippen LogP contribution in [0.2, 0.25) is 0 Å². The van der Waals surface area contributed by atoms with E-state index in [2.05, 4.69) is 19.9 Å². The molecule has 7 nitrogen and oxygen atoms in total. The number of aromatic hydroxyl groups is 1. The number of anilines is 2. The summed E-state index contributed by atoms with van der Waals surface area (Å²) in [7, 11) is 0. The second-order valence-corrected chi connectivity index (χ2v) is 4.78. The van der Waals surface area contributed by atoms with Crippen molar-refractivity contribution in [3.63, 3.8) is 0 Å². The van der Waals surface area contributed by atoms with Crippen LogP contribution in [0.15, 0.2) is 36.5 Å². The minimum atomic E-state index is 0.100. The number of rotatable bonds is 2. The van der Waals surface area contributed by atoms with E-state index in [1.807, 2.05) is 6.92 Å². The summed E-state index contributed by atoms with van der Waals surface area (Å²) in [5.41, 5.74) is 14.5. The molecule has 0 aliphatic rings. The Kier molecular flexibility index (Phi) is 3.30. The highest BCUT2D eigenvalue weighted by molar-refractivity contribution is 5.75. The van der Waals surface area contributed by atoms with Gasteiger partial charge >= 0.3 is 0 Å². The third-order valence-corrected chi connectivity index (χ3v) is 3.11. The smallest absolute Gasteiger partial charge is 0.220 e. The van der Waals surface area contributed by atoms with Gasteiger partial charge in [-0.3, -0.25) is 0 Å². The first-order valence-electron chi connectivity index (χ1n) is 6.56. The zero-order valence-electron chi connectivity index (χ0n) is 11.9. The molecule has 0 saturated carbocycles. The van der Waals surface area contributed by atoms with Crippen LogP contribution >= 0.6 is 0 Å². The molecule has 3 aromatic rings. The van der Waals surface area contributed by atoms with Crippen LogP contribution in [0.1, 0.15) is 5.69 Å². The van der Waals surface area contributed by atoms with Crippen LogP contribution in [0.4, 0.5) is 11.9 Å². The van der Waals surface area contributed by atoms with Crippen LogP contribution in [-0.4, -0.2) is 25.0 Å². The van der Waals surface area contributed by atoms with E-state index >= 15 is 0 Å². The summed E-state index contributed by atoms with van der Waals surface area (Å²) in [5, 5.41) is 10.1. The molecule has 0 amide bonds. The summed E-state index contributed by atoms with van der Waals surface area (Å²) in [4.78, 5) is 16.2. The molecule has 0 aliphatic heterocycles. The summed E-state index contributed by atoms with van der Waals surface area (Å²) in [6, 6.07) is 8.60. The van der Waals surface area contributed by atoms with Crippen molar-refractivity contribution in [3.05, 3.63) is 42.2 Å². The molecule has 5 N–H and O–H groups in total. The summed E-state index contributed by atoms with van der Waals surface area (Å²) < 4.78 is 0. The third kappa shape index (κ3) is 2.64. The van der Waals surface area contributed by atoms with E-state index in [1.54, 1.807) is 36.5 Å². The van der Waals surface area contributed by atoms with E-state index in [-0.39, 0.29) is 17.6 Å². The highest BCUT2D eigenvalue weighted by atomic mass is 16.3. The Morgan fingerprint density at radius 2 is 1.68 bits per heavy atom. The molecule has 110 valence electrons. The number of benzene rings is 1. The van der Waals surface area contributed by atoms with Gasteiger partial charge in [0.05, 0.1) is 11.4 Å². The number of phenolic OH excluding ortho intramolecular Hbond substituents is 1. The average Bonchev–Trinajstić information content (AvgIpc) is 2.46. The Hall–Kier alpha value is -3.22. The van der Waals surface area contributed by atoms with E-state index in [9.17, 15) is 5.11 Å². The van der Waals surface area contributed by atoms with Gasteiger partial charge in [0.25, 0.3) is 0 Å². The molecule has 0 spiro atoms. The quantitative estimate of drug-likeness (QED) is 0.658. The first-order chi connectivity index (χ1) is 10.5. The number of hydrogen-bond donors (Lipinski definition) is 3. The standard InChI is InChI=1S/C15H14N6O/c1-8-6-12(21-15(17)19-8)10-7-9(2-3-13(10)22)11-4-5-18-14(16)20-11/h2-7,22H,1H3,(H2,16,18,20)(H2,17,19,21). The van der Waals surface area contributed by atoms with Crippen molar-refractivity contribution in [2.75, 3.05) is 11.5 Å². The molecule has 7 heteroatoms. The van der Waals surface area contributed by atoms with Gasteiger partial charge in [-0.25, -0.2) is 19.9 Å². The van der Waals surface area contributed by atoms with E-state index in [4.69, 9.17) is 11.5 Å². The molecule has 2 heterocycles. The molecule has 0 fully saturated rings. The van der Waals surface area contributed by atoms with E-state index in [1.165, 1.54) is 0 Å². The van der Waals surface area contributed by atoms with Crippen molar-refractivity contribution >= 4 is 11.9 Å². The molecular formula is C15H14N6O.